The van der Waals surface area contributed by atoms with Crippen LogP contribution in [-0.4, -0.2) is 160 Å². The largest absolute Gasteiger partial charge is 0.449 e. The standard InChI is InChI=1S/C30H94O15Si16/c1-2-3-4-5-6-7-8-9-10-11-12-13-14-15-16-17-18-19-20-21-22-23-24-25-26-27-28-29-30-47-32-49-34-51-36-53-38-55-40-57-42-59-44-61-45-60-43-58-41-56-39-54-37-52-35-50-33-48-31-46/h2-30,47-61H2,1,46H3. The van der Waals surface area contributed by atoms with E-state index in [1.165, 1.54) is 186 Å². The average molecular weight is 1140 g/mol. The van der Waals surface area contributed by atoms with Crippen LogP contribution < -0.4 is 0 Å². The number of hydrogen-bond acceptors (Lipinski definition) is 15. The predicted octanol–water partition coefficient (Wildman–Crippen LogP) is -4.06. The third-order valence-electron chi connectivity index (χ3n) is 9.76. The summed E-state index contributed by atoms with van der Waals surface area (Å²) >= 11 is 0. The lowest BCUT2D eigenvalue weighted by atomic mass is 10.0. The molecule has 0 N–H and O–H groups in total. The van der Waals surface area contributed by atoms with Crippen molar-refractivity contribution in [1.29, 1.82) is 0 Å². The van der Waals surface area contributed by atoms with E-state index in [0.717, 1.165) is 10.5 Å². The Morgan fingerprint density at radius 1 is 0.230 bits per heavy atom. The molecule has 0 saturated carbocycles. The molecule has 0 aliphatic rings. The first-order valence-corrected chi connectivity index (χ1v) is 42.5. The first-order valence-electron chi connectivity index (χ1n) is 24.0. The van der Waals surface area contributed by atoms with Crippen molar-refractivity contribution >= 4 is 160 Å². The molecular weight excluding hydrogens is 1050 g/mol. The Bertz CT molecular complexity index is 728. The second-order valence-corrected chi connectivity index (χ2v) is 45.0. The summed E-state index contributed by atoms with van der Waals surface area (Å²) in [4.78, 5) is 0. The topological polar surface area (TPSA) is 138 Å². The fourth-order valence-corrected chi connectivity index (χ4v) is 33.9. The zero-order valence-electron chi connectivity index (χ0n) is 39.2. The molecule has 61 heavy (non-hydrogen) atoms. The highest BCUT2D eigenvalue weighted by molar-refractivity contribution is 6.51. The SMILES string of the molecule is CCCCCCCCCCCCCCCCCCCCCCCCCCCCCC[SiH2]O[SiH2]O[SiH2]O[SiH2]O[SiH2]O[SiH2]O[SiH2]O[SiH2]O[SiH2]O[SiH2]O[SiH2]O[SiH2]O[SiH2]O[SiH2]O[SiH2]O[SiH3]. The maximum atomic E-state index is 5.88. The van der Waals surface area contributed by atoms with Gasteiger partial charge in [0.15, 0.2) is 0 Å². The predicted molar refractivity (Wildman–Crippen MR) is 294 cm³/mol. The summed E-state index contributed by atoms with van der Waals surface area (Å²) in [6, 6.07) is 1.28. The molecule has 0 amide bonds. The van der Waals surface area contributed by atoms with Crippen LogP contribution in [0.3, 0.4) is 0 Å². The van der Waals surface area contributed by atoms with E-state index < -0.39 is 150 Å². The molecule has 15 nitrogen and oxygen atoms in total. The van der Waals surface area contributed by atoms with Crippen LogP contribution >= 0.6 is 0 Å². The van der Waals surface area contributed by atoms with E-state index in [1.54, 1.807) is 0 Å². The maximum Gasteiger partial charge on any atom is 0.286 e. The molecule has 0 rings (SSSR count). The van der Waals surface area contributed by atoms with Gasteiger partial charge in [0.05, 0.1) is 0 Å². The lowest BCUT2D eigenvalue weighted by molar-refractivity contribution is 0.356. The summed E-state index contributed by atoms with van der Waals surface area (Å²) in [6.07, 6.45) is 40.5. The first kappa shape index (κ1) is 63.9. The van der Waals surface area contributed by atoms with Crippen molar-refractivity contribution in [2.24, 2.45) is 0 Å². The Kier molecular flexibility index (Phi) is 65.8. The van der Waals surface area contributed by atoms with E-state index >= 15 is 0 Å². The molecule has 0 aliphatic heterocycles. The molecule has 0 heterocycles. The van der Waals surface area contributed by atoms with Crippen LogP contribution in [0, 0.1) is 0 Å². The number of hydrogen-bond donors (Lipinski definition) is 0. The van der Waals surface area contributed by atoms with Gasteiger partial charge in [0.2, 0.25) is 0 Å². The molecule has 0 spiro atoms. The Morgan fingerprint density at radius 3 is 0.623 bits per heavy atom. The Balaban J connectivity index is 3.06. The summed E-state index contributed by atoms with van der Waals surface area (Å²) in [5.41, 5.74) is 0. The first-order chi connectivity index (χ1) is 30.4. The Morgan fingerprint density at radius 2 is 0.410 bits per heavy atom. The van der Waals surface area contributed by atoms with E-state index in [4.69, 9.17) is 61.7 Å². The normalized spacial score (nSPS) is 14.7. The van der Waals surface area contributed by atoms with E-state index in [-0.39, 0.29) is 0 Å². The van der Waals surface area contributed by atoms with Crippen LogP contribution in [0.2, 0.25) is 6.04 Å². The third kappa shape index (κ3) is 62.9. The summed E-state index contributed by atoms with van der Waals surface area (Å²) in [6.45, 7) is 2.30. The van der Waals surface area contributed by atoms with Crippen LogP contribution in [-0.2, 0) is 61.7 Å². The Hall–Kier alpha value is 2.87. The molecule has 0 atom stereocenters. The smallest absolute Gasteiger partial charge is 0.286 e. The molecule has 0 aliphatic carbocycles. The molecule has 0 aromatic carbocycles. The van der Waals surface area contributed by atoms with E-state index in [0.29, 0.717) is 0 Å². The van der Waals surface area contributed by atoms with E-state index in [1.807, 2.05) is 0 Å². The summed E-state index contributed by atoms with van der Waals surface area (Å²) < 4.78 is 82.7. The second-order valence-electron chi connectivity index (χ2n) is 15.4. The van der Waals surface area contributed by atoms with E-state index in [2.05, 4.69) is 6.92 Å². The zero-order chi connectivity index (χ0) is 43.7. The molecule has 31 heteroatoms. The van der Waals surface area contributed by atoms with Gasteiger partial charge in [0.25, 0.3) is 140 Å². The van der Waals surface area contributed by atoms with Crippen LogP contribution in [0.5, 0.6) is 0 Å². The van der Waals surface area contributed by atoms with Gasteiger partial charge in [-0.15, -0.1) is 0 Å². The summed E-state index contributed by atoms with van der Waals surface area (Å²) in [5, 5.41) is 0. The average Bonchev–Trinajstić information content (AvgIpc) is 3.27. The highest BCUT2D eigenvalue weighted by Crippen LogP contribution is 2.16. The van der Waals surface area contributed by atoms with Crippen molar-refractivity contribution in [2.75, 3.05) is 0 Å². The zero-order valence-corrected chi connectivity index (χ0v) is 62.4. The molecule has 368 valence electrons. The van der Waals surface area contributed by atoms with Crippen molar-refractivity contribution in [1.82, 2.24) is 0 Å². The minimum absolute atomic E-state index is 0.407. The fraction of sp³-hybridized carbons (Fsp3) is 1.00. The highest BCUT2D eigenvalue weighted by atomic mass is 28.4. The van der Waals surface area contributed by atoms with Crippen molar-refractivity contribution in [3.8, 4) is 0 Å². The van der Waals surface area contributed by atoms with Gasteiger partial charge in [-0.3, -0.25) is 0 Å². The minimum atomic E-state index is -1.02. The molecule has 0 aromatic rings. The van der Waals surface area contributed by atoms with Gasteiger partial charge in [-0.25, -0.2) is 0 Å². The molecule has 0 fully saturated rings. The van der Waals surface area contributed by atoms with Crippen LogP contribution in [0.1, 0.15) is 187 Å². The summed E-state index contributed by atoms with van der Waals surface area (Å²) in [7, 11) is -13.1. The fourth-order valence-electron chi connectivity index (χ4n) is 6.40. The molecule has 0 aromatic heterocycles. The third-order valence-corrected chi connectivity index (χ3v) is 30.6. The van der Waals surface area contributed by atoms with Gasteiger partial charge in [0, 0.05) is 0 Å². The lowest BCUT2D eigenvalue weighted by Crippen LogP contribution is -2.22. The maximum absolute atomic E-state index is 5.88. The monoisotopic (exact) mass is 1140 g/mol. The van der Waals surface area contributed by atoms with Crippen LogP contribution in [0.4, 0.5) is 0 Å². The molecule has 0 radical (unpaired) electrons. The molecule has 0 bridgehead atoms. The van der Waals surface area contributed by atoms with Gasteiger partial charge in [-0.05, 0) is 6.04 Å². The number of rotatable bonds is 58. The van der Waals surface area contributed by atoms with Gasteiger partial charge in [-0.1, -0.05) is 187 Å². The van der Waals surface area contributed by atoms with Gasteiger partial charge < -0.3 is 61.7 Å². The lowest BCUT2D eigenvalue weighted by Gasteiger charge is -2.09. The van der Waals surface area contributed by atoms with Gasteiger partial charge >= 0.3 is 0 Å². The van der Waals surface area contributed by atoms with Crippen molar-refractivity contribution in [2.45, 2.75) is 193 Å². The van der Waals surface area contributed by atoms with Crippen LogP contribution in [0.25, 0.3) is 0 Å². The van der Waals surface area contributed by atoms with Gasteiger partial charge in [-0.2, -0.15) is 0 Å². The van der Waals surface area contributed by atoms with Crippen LogP contribution in [0.15, 0.2) is 0 Å². The van der Waals surface area contributed by atoms with Gasteiger partial charge in [0.1, 0.15) is 20.2 Å². The summed E-state index contributed by atoms with van der Waals surface area (Å²) in [5.74, 6) is 0. The highest BCUT2D eigenvalue weighted by Gasteiger charge is 2.01. The minimum Gasteiger partial charge on any atom is -0.449 e. The molecular formula is C30H94O15Si16. The van der Waals surface area contributed by atoms with E-state index in [9.17, 15) is 0 Å². The second kappa shape index (κ2) is 62.9. The number of unbranched alkanes of at least 4 members (excludes halogenated alkanes) is 27. The van der Waals surface area contributed by atoms with Crippen molar-refractivity contribution in [3.05, 3.63) is 0 Å². The molecule has 0 saturated heterocycles. The quantitative estimate of drug-likeness (QED) is 0.0432. The van der Waals surface area contributed by atoms with Crippen molar-refractivity contribution in [3.63, 3.8) is 0 Å². The molecule has 0 unspecified atom stereocenters. The Labute approximate surface area is 412 Å². The van der Waals surface area contributed by atoms with Crippen molar-refractivity contribution < 1.29 is 61.7 Å².